The van der Waals surface area contributed by atoms with Crippen molar-refractivity contribution in [2.24, 2.45) is 0 Å². The number of ether oxygens (including phenoxy) is 1. The maximum Gasteiger partial charge on any atom is 0.272 e. The second-order valence-corrected chi connectivity index (χ2v) is 4.02. The normalized spacial score (nSPS) is 10.1. The van der Waals surface area contributed by atoms with E-state index in [1.54, 1.807) is 19.1 Å². The summed E-state index contributed by atoms with van der Waals surface area (Å²) in [5.41, 5.74) is 1.64. The number of nitro groups is 1. The van der Waals surface area contributed by atoms with Crippen LogP contribution in [0.2, 0.25) is 0 Å². The first kappa shape index (κ1) is 14.2. The second-order valence-electron chi connectivity index (χ2n) is 4.02. The summed E-state index contributed by atoms with van der Waals surface area (Å²) in [6.07, 6.45) is 0. The summed E-state index contributed by atoms with van der Waals surface area (Å²) < 4.78 is 5.52. The monoisotopic (exact) mass is 250 g/mol. The number of likely N-dealkylation sites (N-methyl/N-ethyl adjacent to an activating group) is 1. The maximum atomic E-state index is 10.7. The van der Waals surface area contributed by atoms with Crippen molar-refractivity contribution >= 4 is 5.69 Å². The number of nitrogens with one attached hydrogen (secondary N) is 1. The van der Waals surface area contributed by atoms with Gasteiger partial charge in [-0.3, -0.25) is 10.1 Å². The lowest BCUT2D eigenvalue weighted by molar-refractivity contribution is -0.385. The van der Waals surface area contributed by atoms with Gasteiger partial charge in [0.15, 0.2) is 0 Å². The van der Waals surface area contributed by atoms with Gasteiger partial charge in [-0.25, -0.2) is 0 Å². The van der Waals surface area contributed by atoms with Crippen molar-refractivity contribution in [2.45, 2.75) is 13.8 Å². The van der Waals surface area contributed by atoms with E-state index in [9.17, 15) is 10.1 Å². The zero-order valence-electron chi connectivity index (χ0n) is 10.7. The van der Waals surface area contributed by atoms with Crippen LogP contribution in [0.4, 0.5) is 5.69 Å². The number of rotatable bonds is 7. The van der Waals surface area contributed by atoms with Crippen LogP contribution < -0.4 is 10.1 Å². The Balaban J connectivity index is 2.56. The van der Waals surface area contributed by atoms with Crippen molar-refractivity contribution in [3.8, 4) is 5.75 Å². The van der Waals surface area contributed by atoms with Gasteiger partial charge in [0.25, 0.3) is 5.69 Å². The van der Waals surface area contributed by atoms with Crippen LogP contribution in [0.1, 0.15) is 12.5 Å². The highest BCUT2D eigenvalue weighted by molar-refractivity contribution is 5.44. The van der Waals surface area contributed by atoms with E-state index in [1.807, 2.05) is 6.92 Å². The molecule has 1 aromatic rings. The summed E-state index contributed by atoms with van der Waals surface area (Å²) >= 11 is 0. The molecule has 0 amide bonds. The van der Waals surface area contributed by atoms with Crippen LogP contribution in [0, 0.1) is 17.0 Å². The van der Waals surface area contributed by atoms with Gasteiger partial charge in [0.05, 0.1) is 4.92 Å². The van der Waals surface area contributed by atoms with Gasteiger partial charge < -0.3 is 10.1 Å². The van der Waals surface area contributed by atoms with E-state index in [0.29, 0.717) is 24.5 Å². The lowest BCUT2D eigenvalue weighted by atomic mass is 10.2. The zero-order chi connectivity index (χ0) is 13.5. The second kappa shape index (κ2) is 6.76. The van der Waals surface area contributed by atoms with Crippen LogP contribution >= 0.6 is 0 Å². The van der Waals surface area contributed by atoms with Crippen LogP contribution in [0.3, 0.4) is 0 Å². The molecular weight excluding hydrogens is 232 g/mol. The molecular formula is C13H18N2O3. The van der Waals surface area contributed by atoms with E-state index in [-0.39, 0.29) is 5.69 Å². The number of aryl methyl sites for hydroxylation is 1. The quantitative estimate of drug-likeness (QED) is 0.458. The van der Waals surface area contributed by atoms with E-state index < -0.39 is 4.92 Å². The van der Waals surface area contributed by atoms with E-state index in [1.165, 1.54) is 6.07 Å². The molecule has 5 heteroatoms. The van der Waals surface area contributed by atoms with Crippen LogP contribution in [0.15, 0.2) is 30.4 Å². The first-order valence-electron chi connectivity index (χ1n) is 5.79. The molecule has 0 saturated carbocycles. The predicted octanol–water partition coefficient (Wildman–Crippen LogP) is 2.45. The van der Waals surface area contributed by atoms with Gasteiger partial charge in [0, 0.05) is 18.2 Å². The molecule has 0 spiro atoms. The first-order valence-corrected chi connectivity index (χ1v) is 5.79. The number of nitrogens with zero attached hydrogens (tertiary/aromatic N) is 1. The minimum absolute atomic E-state index is 0.105. The third-order valence-electron chi connectivity index (χ3n) is 2.43. The summed E-state index contributed by atoms with van der Waals surface area (Å²) in [6, 6.07) is 4.72. The van der Waals surface area contributed by atoms with Crippen molar-refractivity contribution in [1.82, 2.24) is 5.32 Å². The van der Waals surface area contributed by atoms with Crippen molar-refractivity contribution in [3.05, 3.63) is 46.0 Å². The molecule has 98 valence electrons. The van der Waals surface area contributed by atoms with Gasteiger partial charge in [-0.05, 0) is 31.2 Å². The summed E-state index contributed by atoms with van der Waals surface area (Å²) in [5, 5.41) is 13.8. The van der Waals surface area contributed by atoms with E-state index in [4.69, 9.17) is 4.74 Å². The number of hydrogen-bond acceptors (Lipinski definition) is 4. The summed E-state index contributed by atoms with van der Waals surface area (Å²) in [4.78, 5) is 10.3. The third-order valence-corrected chi connectivity index (χ3v) is 2.43. The van der Waals surface area contributed by atoms with Crippen molar-refractivity contribution in [3.63, 3.8) is 0 Å². The lowest BCUT2D eigenvalue weighted by Crippen LogP contribution is -2.18. The third kappa shape index (κ3) is 4.18. The molecule has 0 heterocycles. The molecule has 0 aliphatic rings. The predicted molar refractivity (Wildman–Crippen MR) is 71.0 cm³/mol. The van der Waals surface area contributed by atoms with E-state index in [0.717, 1.165) is 12.1 Å². The SMILES string of the molecule is C=C(CNCC)COc1ccc([N+](=O)[O-])c(C)c1. The average molecular weight is 250 g/mol. The van der Waals surface area contributed by atoms with Gasteiger partial charge in [0.2, 0.25) is 0 Å². The summed E-state index contributed by atoms with van der Waals surface area (Å²) in [6.45, 7) is 9.60. The van der Waals surface area contributed by atoms with Crippen molar-refractivity contribution in [2.75, 3.05) is 19.7 Å². The van der Waals surface area contributed by atoms with Gasteiger partial charge in [-0.15, -0.1) is 0 Å². The molecule has 1 N–H and O–H groups in total. The molecule has 0 aliphatic carbocycles. The number of hydrogen-bond donors (Lipinski definition) is 1. The van der Waals surface area contributed by atoms with Crippen molar-refractivity contribution in [1.29, 1.82) is 0 Å². The first-order chi connectivity index (χ1) is 8.54. The highest BCUT2D eigenvalue weighted by Gasteiger charge is 2.10. The largest absolute Gasteiger partial charge is 0.489 e. The fraction of sp³-hybridized carbons (Fsp3) is 0.385. The minimum Gasteiger partial charge on any atom is -0.489 e. The summed E-state index contributed by atoms with van der Waals surface area (Å²) in [7, 11) is 0. The molecule has 0 bridgehead atoms. The van der Waals surface area contributed by atoms with E-state index in [2.05, 4.69) is 11.9 Å². The highest BCUT2D eigenvalue weighted by atomic mass is 16.6. The topological polar surface area (TPSA) is 64.4 Å². The molecule has 1 aromatic carbocycles. The van der Waals surface area contributed by atoms with Crippen LogP contribution in [-0.2, 0) is 0 Å². The van der Waals surface area contributed by atoms with Gasteiger partial charge in [-0.1, -0.05) is 13.5 Å². The van der Waals surface area contributed by atoms with E-state index >= 15 is 0 Å². The Morgan fingerprint density at radius 3 is 2.83 bits per heavy atom. The van der Waals surface area contributed by atoms with Crippen LogP contribution in [-0.4, -0.2) is 24.6 Å². The summed E-state index contributed by atoms with van der Waals surface area (Å²) in [5.74, 6) is 0.621. The standard InChI is InChI=1S/C13H18N2O3/c1-4-14-8-10(2)9-18-12-5-6-13(15(16)17)11(3)7-12/h5-7,14H,2,4,8-9H2,1,3H3. The molecule has 0 atom stereocenters. The maximum absolute atomic E-state index is 10.7. The average Bonchev–Trinajstić information content (AvgIpc) is 2.33. The highest BCUT2D eigenvalue weighted by Crippen LogP contribution is 2.23. The smallest absolute Gasteiger partial charge is 0.272 e. The lowest BCUT2D eigenvalue weighted by Gasteiger charge is -2.09. The minimum atomic E-state index is -0.400. The Labute approximate surface area is 107 Å². The molecule has 0 fully saturated rings. The molecule has 0 saturated heterocycles. The molecule has 0 radical (unpaired) electrons. The Kier molecular flexibility index (Phi) is 5.32. The fourth-order valence-corrected chi connectivity index (χ4v) is 1.46. The van der Waals surface area contributed by atoms with Crippen LogP contribution in [0.25, 0.3) is 0 Å². The Morgan fingerprint density at radius 1 is 1.56 bits per heavy atom. The van der Waals surface area contributed by atoms with Gasteiger partial charge in [-0.2, -0.15) is 0 Å². The molecule has 18 heavy (non-hydrogen) atoms. The zero-order valence-corrected chi connectivity index (χ0v) is 10.7. The van der Waals surface area contributed by atoms with Gasteiger partial charge >= 0.3 is 0 Å². The Bertz CT molecular complexity index is 444. The Morgan fingerprint density at radius 2 is 2.28 bits per heavy atom. The molecule has 0 aromatic heterocycles. The van der Waals surface area contributed by atoms with Crippen molar-refractivity contribution < 1.29 is 9.66 Å². The fourth-order valence-electron chi connectivity index (χ4n) is 1.46. The molecule has 0 aliphatic heterocycles. The van der Waals surface area contributed by atoms with Gasteiger partial charge in [0.1, 0.15) is 12.4 Å². The molecule has 5 nitrogen and oxygen atoms in total. The molecule has 1 rings (SSSR count). The Hall–Kier alpha value is -1.88. The number of nitro benzene ring substituents is 1. The van der Waals surface area contributed by atoms with Crippen LogP contribution in [0.5, 0.6) is 5.75 Å². The molecule has 0 unspecified atom stereocenters. The number of benzene rings is 1.